The van der Waals surface area contributed by atoms with Crippen molar-refractivity contribution in [1.82, 2.24) is 0 Å². The molecule has 1 amide bonds. The Balaban J connectivity index is 2.15. The van der Waals surface area contributed by atoms with Crippen molar-refractivity contribution in [2.45, 2.75) is 13.8 Å². The van der Waals surface area contributed by atoms with Gasteiger partial charge >= 0.3 is 5.97 Å². The Kier molecular flexibility index (Phi) is 6.53. The topological polar surface area (TPSA) is 88.4 Å². The van der Waals surface area contributed by atoms with E-state index in [1.807, 2.05) is 18.2 Å². The maximum absolute atomic E-state index is 12.2. The van der Waals surface area contributed by atoms with E-state index in [9.17, 15) is 14.9 Å². The third kappa shape index (κ3) is 4.49. The average Bonchev–Trinajstić information content (AvgIpc) is 2.95. The summed E-state index contributed by atoms with van der Waals surface area (Å²) in [5.41, 5.74) is 1.60. The van der Waals surface area contributed by atoms with Crippen LogP contribution in [-0.2, 0) is 9.53 Å². The number of nitrogens with zero attached hydrogens (tertiary/aromatic N) is 1. The average molecular weight is 370 g/mol. The van der Waals surface area contributed by atoms with Gasteiger partial charge in [-0.05, 0) is 43.2 Å². The van der Waals surface area contributed by atoms with Crippen LogP contribution in [0.15, 0.2) is 30.3 Å². The predicted octanol–water partition coefficient (Wildman–Crippen LogP) is 3.77. The summed E-state index contributed by atoms with van der Waals surface area (Å²) in [7, 11) is 1.58. The number of nitriles is 1. The van der Waals surface area contributed by atoms with Crippen LogP contribution < -0.4 is 10.1 Å². The highest BCUT2D eigenvalue weighted by molar-refractivity contribution is 7.18. The first-order valence-electron chi connectivity index (χ1n) is 7.83. The molecule has 134 valence electrons. The molecule has 0 saturated carbocycles. The van der Waals surface area contributed by atoms with E-state index in [1.165, 1.54) is 6.08 Å². The number of amides is 1. The summed E-state index contributed by atoms with van der Waals surface area (Å²) in [5.74, 6) is -0.166. The molecular formula is C19H18N2O4S. The minimum Gasteiger partial charge on any atom is -0.497 e. The van der Waals surface area contributed by atoms with Crippen molar-refractivity contribution in [1.29, 1.82) is 5.26 Å². The molecule has 0 bridgehead atoms. The Morgan fingerprint density at radius 3 is 2.58 bits per heavy atom. The number of thiophene rings is 1. The molecular weight excluding hydrogens is 352 g/mol. The van der Waals surface area contributed by atoms with Gasteiger partial charge in [-0.2, -0.15) is 5.26 Å². The van der Waals surface area contributed by atoms with Crippen molar-refractivity contribution in [3.05, 3.63) is 51.9 Å². The molecule has 1 aromatic heterocycles. The van der Waals surface area contributed by atoms with Gasteiger partial charge in [-0.15, -0.1) is 11.3 Å². The van der Waals surface area contributed by atoms with E-state index in [2.05, 4.69) is 5.32 Å². The van der Waals surface area contributed by atoms with Crippen molar-refractivity contribution < 1.29 is 19.1 Å². The molecule has 1 aromatic carbocycles. The maximum Gasteiger partial charge on any atom is 0.348 e. The molecule has 2 rings (SSSR count). The van der Waals surface area contributed by atoms with Crippen LogP contribution in [-0.4, -0.2) is 25.6 Å². The summed E-state index contributed by atoms with van der Waals surface area (Å²) in [6.45, 7) is 3.60. The van der Waals surface area contributed by atoms with E-state index in [-0.39, 0.29) is 12.2 Å². The summed E-state index contributed by atoms with van der Waals surface area (Å²) in [6.07, 6.45) is 3.01. The van der Waals surface area contributed by atoms with Crippen molar-refractivity contribution >= 4 is 34.3 Å². The molecule has 7 heteroatoms. The number of anilines is 1. The first kappa shape index (κ1) is 19.2. The second-order valence-electron chi connectivity index (χ2n) is 5.19. The molecule has 6 nitrogen and oxygen atoms in total. The van der Waals surface area contributed by atoms with Crippen LogP contribution in [0.3, 0.4) is 0 Å². The Morgan fingerprint density at radius 2 is 2.00 bits per heavy atom. The number of nitrogens with one attached hydrogen (secondary N) is 1. The predicted molar refractivity (Wildman–Crippen MR) is 100 cm³/mol. The van der Waals surface area contributed by atoms with E-state index < -0.39 is 11.9 Å². The van der Waals surface area contributed by atoms with Gasteiger partial charge in [0.05, 0.1) is 19.3 Å². The molecule has 0 saturated heterocycles. The summed E-state index contributed by atoms with van der Waals surface area (Å²) >= 11 is 1.03. The second-order valence-corrected chi connectivity index (χ2v) is 6.21. The zero-order chi connectivity index (χ0) is 19.1. The number of hydrogen-bond donors (Lipinski definition) is 1. The molecule has 0 unspecified atom stereocenters. The van der Waals surface area contributed by atoms with Crippen LogP contribution in [0, 0.1) is 18.3 Å². The number of rotatable bonds is 6. The van der Waals surface area contributed by atoms with Crippen LogP contribution in [0.2, 0.25) is 0 Å². The Bertz CT molecular complexity index is 876. The monoisotopic (exact) mass is 370 g/mol. The molecule has 0 aliphatic rings. The zero-order valence-electron chi connectivity index (χ0n) is 14.7. The van der Waals surface area contributed by atoms with Crippen LogP contribution in [0.4, 0.5) is 5.00 Å². The van der Waals surface area contributed by atoms with Crippen molar-refractivity contribution in [3.63, 3.8) is 0 Å². The first-order chi connectivity index (χ1) is 12.5. The van der Waals surface area contributed by atoms with Gasteiger partial charge in [-0.25, -0.2) is 4.79 Å². The van der Waals surface area contributed by atoms with Gasteiger partial charge in [0.25, 0.3) is 0 Å². The van der Waals surface area contributed by atoms with Gasteiger partial charge in [0, 0.05) is 6.08 Å². The van der Waals surface area contributed by atoms with Gasteiger partial charge in [0.15, 0.2) is 0 Å². The fourth-order valence-corrected chi connectivity index (χ4v) is 3.22. The number of methoxy groups -OCH3 is 1. The summed E-state index contributed by atoms with van der Waals surface area (Å²) < 4.78 is 10.1. The van der Waals surface area contributed by atoms with Gasteiger partial charge in [-0.1, -0.05) is 12.1 Å². The standard InChI is InChI=1S/C19H18N2O4S/c1-4-25-19(23)17-12(2)15(11-20)18(26-17)21-16(22)10-7-13-5-8-14(24-3)9-6-13/h5-10H,4H2,1-3H3,(H,21,22)/b10-7+. The van der Waals surface area contributed by atoms with Crippen molar-refractivity contribution in [2.75, 3.05) is 19.0 Å². The molecule has 1 heterocycles. The van der Waals surface area contributed by atoms with Crippen LogP contribution in [0.25, 0.3) is 6.08 Å². The highest BCUT2D eigenvalue weighted by Gasteiger charge is 2.21. The number of benzene rings is 1. The Hall–Kier alpha value is -3.11. The van der Waals surface area contributed by atoms with E-state index in [4.69, 9.17) is 9.47 Å². The molecule has 26 heavy (non-hydrogen) atoms. The largest absolute Gasteiger partial charge is 0.497 e. The van der Waals surface area contributed by atoms with E-state index >= 15 is 0 Å². The molecule has 0 atom stereocenters. The first-order valence-corrected chi connectivity index (χ1v) is 8.65. The lowest BCUT2D eigenvalue weighted by Gasteiger charge is -2.00. The van der Waals surface area contributed by atoms with Crippen LogP contribution in [0.5, 0.6) is 5.75 Å². The minimum atomic E-state index is -0.499. The number of carbonyl (C=O) groups is 2. The normalized spacial score (nSPS) is 10.4. The molecule has 0 radical (unpaired) electrons. The summed E-state index contributed by atoms with van der Waals surface area (Å²) in [5, 5.41) is 12.3. The third-order valence-corrected chi connectivity index (χ3v) is 4.69. The molecule has 0 spiro atoms. The highest BCUT2D eigenvalue weighted by Crippen LogP contribution is 2.33. The fraction of sp³-hybridized carbons (Fsp3) is 0.211. The third-order valence-electron chi connectivity index (χ3n) is 3.50. The van der Waals surface area contributed by atoms with Gasteiger partial charge in [0.2, 0.25) is 5.91 Å². The lowest BCUT2D eigenvalue weighted by atomic mass is 10.1. The highest BCUT2D eigenvalue weighted by atomic mass is 32.1. The second kappa shape index (κ2) is 8.83. The van der Waals surface area contributed by atoms with Gasteiger partial charge in [-0.3, -0.25) is 4.79 Å². The number of hydrogen-bond acceptors (Lipinski definition) is 6. The molecule has 2 aromatic rings. The number of carbonyl (C=O) groups excluding carboxylic acids is 2. The summed E-state index contributed by atoms with van der Waals surface area (Å²) in [6, 6.07) is 9.24. The Morgan fingerprint density at radius 1 is 1.31 bits per heavy atom. The SMILES string of the molecule is CCOC(=O)c1sc(NC(=O)/C=C/c2ccc(OC)cc2)c(C#N)c1C. The van der Waals surface area contributed by atoms with Crippen molar-refractivity contribution in [3.8, 4) is 11.8 Å². The van der Waals surface area contributed by atoms with Crippen molar-refractivity contribution in [2.24, 2.45) is 0 Å². The fourth-order valence-electron chi connectivity index (χ4n) is 2.17. The molecule has 1 N–H and O–H groups in total. The van der Waals surface area contributed by atoms with E-state index in [0.29, 0.717) is 15.4 Å². The molecule has 0 aliphatic heterocycles. The maximum atomic E-state index is 12.2. The van der Waals surface area contributed by atoms with Gasteiger partial charge in [0.1, 0.15) is 21.7 Å². The van der Waals surface area contributed by atoms with E-state index in [1.54, 1.807) is 39.2 Å². The van der Waals surface area contributed by atoms with Crippen LogP contribution >= 0.6 is 11.3 Å². The smallest absolute Gasteiger partial charge is 0.348 e. The lowest BCUT2D eigenvalue weighted by Crippen LogP contribution is -2.07. The van der Waals surface area contributed by atoms with E-state index in [0.717, 1.165) is 22.6 Å². The zero-order valence-corrected chi connectivity index (χ0v) is 15.5. The molecule has 0 fully saturated rings. The Labute approximate surface area is 155 Å². The number of esters is 1. The summed E-state index contributed by atoms with van der Waals surface area (Å²) in [4.78, 5) is 24.4. The quantitative estimate of drug-likeness (QED) is 0.618. The number of ether oxygens (including phenoxy) is 2. The van der Waals surface area contributed by atoms with Crippen LogP contribution in [0.1, 0.15) is 33.3 Å². The minimum absolute atomic E-state index is 0.240. The molecule has 0 aliphatic carbocycles. The lowest BCUT2D eigenvalue weighted by molar-refractivity contribution is -0.111. The van der Waals surface area contributed by atoms with Gasteiger partial charge < -0.3 is 14.8 Å².